The van der Waals surface area contributed by atoms with Crippen molar-refractivity contribution < 1.29 is 23.7 Å². The van der Waals surface area contributed by atoms with E-state index >= 15 is 0 Å². The maximum Gasteiger partial charge on any atom is 0.311 e. The summed E-state index contributed by atoms with van der Waals surface area (Å²) < 4.78 is 25.3. The number of esters is 1. The van der Waals surface area contributed by atoms with Gasteiger partial charge in [-0.2, -0.15) is 0 Å². The molecule has 3 unspecified atom stereocenters. The van der Waals surface area contributed by atoms with E-state index in [1.54, 1.807) is 11.1 Å². The van der Waals surface area contributed by atoms with E-state index in [4.69, 9.17) is 18.9 Å². The van der Waals surface area contributed by atoms with Gasteiger partial charge in [0.2, 0.25) is 0 Å². The SMILES string of the molecule is COC1CCC2C(C)=C(C3CCC(OC(=O)C(C)(C)C)CC3)[C@H](C3CCC(OCCN4CCCCC4)CC3)OC2C1. The van der Waals surface area contributed by atoms with Crippen LogP contribution in [0.5, 0.6) is 0 Å². The molecule has 0 amide bonds. The lowest BCUT2D eigenvalue weighted by Gasteiger charge is -2.49. The minimum atomic E-state index is -0.440. The molecule has 2 aliphatic heterocycles. The fraction of sp³-hybridized carbons (Fsp3) is 0.914. The maximum atomic E-state index is 12.5. The number of hydrogen-bond donors (Lipinski definition) is 0. The van der Waals surface area contributed by atoms with Crippen LogP contribution in [0.25, 0.3) is 0 Å². The van der Waals surface area contributed by atoms with Crippen LogP contribution >= 0.6 is 0 Å². The summed E-state index contributed by atoms with van der Waals surface area (Å²) in [4.78, 5) is 15.1. The Morgan fingerprint density at radius 1 is 0.878 bits per heavy atom. The number of piperidine rings is 1. The number of hydrogen-bond acceptors (Lipinski definition) is 6. The molecule has 5 aliphatic rings. The van der Waals surface area contributed by atoms with Crippen LogP contribution in [0.4, 0.5) is 0 Å². The third kappa shape index (κ3) is 7.96. The first-order valence-electron chi connectivity index (χ1n) is 17.2. The van der Waals surface area contributed by atoms with Gasteiger partial charge in [0.15, 0.2) is 0 Å². The molecule has 0 bridgehead atoms. The minimum Gasteiger partial charge on any atom is -0.462 e. The molecule has 4 fully saturated rings. The summed E-state index contributed by atoms with van der Waals surface area (Å²) in [7, 11) is 1.86. The molecular weight excluding hydrogens is 514 g/mol. The van der Waals surface area contributed by atoms with Gasteiger partial charge in [-0.15, -0.1) is 0 Å². The van der Waals surface area contributed by atoms with Gasteiger partial charge in [0.1, 0.15) is 6.10 Å². The topological polar surface area (TPSA) is 57.2 Å². The molecule has 2 heterocycles. The largest absolute Gasteiger partial charge is 0.462 e. The van der Waals surface area contributed by atoms with E-state index in [1.807, 2.05) is 27.9 Å². The zero-order valence-electron chi connectivity index (χ0n) is 26.8. The van der Waals surface area contributed by atoms with Crippen molar-refractivity contribution in [3.8, 4) is 0 Å². The van der Waals surface area contributed by atoms with E-state index in [0.717, 1.165) is 64.5 Å². The van der Waals surface area contributed by atoms with Crippen molar-refractivity contribution in [2.24, 2.45) is 23.2 Å². The number of nitrogens with zero attached hydrogens (tertiary/aromatic N) is 1. The Balaban J connectivity index is 1.21. The van der Waals surface area contributed by atoms with Gasteiger partial charge in [-0.05, 0) is 135 Å². The van der Waals surface area contributed by atoms with Gasteiger partial charge in [0, 0.05) is 26.0 Å². The Labute approximate surface area is 250 Å². The Hall–Kier alpha value is -0.950. The summed E-state index contributed by atoms with van der Waals surface area (Å²) in [6, 6.07) is 0. The maximum absolute atomic E-state index is 12.5. The van der Waals surface area contributed by atoms with E-state index in [1.165, 1.54) is 51.6 Å². The molecule has 0 aromatic heterocycles. The lowest BCUT2D eigenvalue weighted by Crippen LogP contribution is -2.47. The number of rotatable bonds is 8. The molecule has 3 saturated carbocycles. The zero-order valence-corrected chi connectivity index (χ0v) is 26.8. The summed E-state index contributed by atoms with van der Waals surface area (Å²) in [5.74, 6) is 1.58. The molecule has 0 radical (unpaired) electrons. The number of fused-ring (bicyclic) bond motifs is 1. The summed E-state index contributed by atoms with van der Waals surface area (Å²) >= 11 is 0. The predicted molar refractivity (Wildman–Crippen MR) is 163 cm³/mol. The molecule has 0 N–H and O–H groups in total. The van der Waals surface area contributed by atoms with Crippen LogP contribution in [0, 0.1) is 23.2 Å². The first-order valence-corrected chi connectivity index (χ1v) is 17.2. The van der Waals surface area contributed by atoms with E-state index < -0.39 is 5.41 Å². The highest BCUT2D eigenvalue weighted by molar-refractivity contribution is 5.75. The summed E-state index contributed by atoms with van der Waals surface area (Å²) in [5.41, 5.74) is 2.80. The van der Waals surface area contributed by atoms with Gasteiger partial charge < -0.3 is 23.8 Å². The van der Waals surface area contributed by atoms with Crippen molar-refractivity contribution in [2.75, 3.05) is 33.4 Å². The van der Waals surface area contributed by atoms with Crippen molar-refractivity contribution in [1.29, 1.82) is 0 Å². The molecule has 41 heavy (non-hydrogen) atoms. The standard InChI is InChI=1S/C35H59NO5/c1-24-30-18-17-29(38-5)23-31(30)41-33(32(24)25-9-15-28(16-10-25)40-34(37)35(2,3)4)26-11-13-27(14-12-26)39-22-21-36-19-7-6-8-20-36/h25-31,33H,6-23H2,1-5H3/t25?,26?,27?,28?,29?,30?,31?,33-/m0/s1. The summed E-state index contributed by atoms with van der Waals surface area (Å²) in [5, 5.41) is 0. The van der Waals surface area contributed by atoms with Gasteiger partial charge in [-0.1, -0.05) is 12.0 Å². The van der Waals surface area contributed by atoms with Crippen LogP contribution in [0.1, 0.15) is 118 Å². The van der Waals surface area contributed by atoms with E-state index in [2.05, 4.69) is 11.8 Å². The number of carbonyl (C=O) groups is 1. The first-order chi connectivity index (χ1) is 19.7. The normalized spacial score (nSPS) is 37.5. The second-order valence-electron chi connectivity index (χ2n) is 14.9. The smallest absolute Gasteiger partial charge is 0.311 e. The third-order valence-electron chi connectivity index (χ3n) is 11.1. The van der Waals surface area contributed by atoms with Gasteiger partial charge in [-0.3, -0.25) is 4.79 Å². The van der Waals surface area contributed by atoms with Crippen LogP contribution in [0.3, 0.4) is 0 Å². The molecule has 0 aromatic carbocycles. The average Bonchev–Trinajstić information content (AvgIpc) is 2.98. The molecule has 6 heteroatoms. The summed E-state index contributed by atoms with van der Waals surface area (Å²) in [6.07, 6.45) is 17.5. The van der Waals surface area contributed by atoms with Crippen molar-refractivity contribution in [3.05, 3.63) is 11.1 Å². The van der Waals surface area contributed by atoms with Gasteiger partial charge >= 0.3 is 5.97 Å². The zero-order chi connectivity index (χ0) is 29.0. The molecule has 0 aromatic rings. The van der Waals surface area contributed by atoms with Crippen LogP contribution in [0.15, 0.2) is 11.1 Å². The highest BCUT2D eigenvalue weighted by atomic mass is 16.5. The van der Waals surface area contributed by atoms with Gasteiger partial charge in [-0.25, -0.2) is 0 Å². The number of ether oxygens (including phenoxy) is 4. The quantitative estimate of drug-likeness (QED) is 0.228. The molecule has 0 spiro atoms. The van der Waals surface area contributed by atoms with Gasteiger partial charge in [0.25, 0.3) is 0 Å². The Morgan fingerprint density at radius 3 is 2.20 bits per heavy atom. The lowest BCUT2D eigenvalue weighted by molar-refractivity contribution is -0.160. The number of carbonyl (C=O) groups excluding carboxylic acids is 1. The lowest BCUT2D eigenvalue weighted by atomic mass is 9.67. The Kier molecular flexibility index (Phi) is 10.9. The molecular formula is C35H59NO5. The Morgan fingerprint density at radius 2 is 1.54 bits per heavy atom. The van der Waals surface area contributed by atoms with Crippen molar-refractivity contribution >= 4 is 5.97 Å². The van der Waals surface area contributed by atoms with Crippen molar-refractivity contribution in [1.82, 2.24) is 4.90 Å². The van der Waals surface area contributed by atoms with E-state index in [0.29, 0.717) is 30.0 Å². The second-order valence-corrected chi connectivity index (χ2v) is 14.9. The van der Waals surface area contributed by atoms with Crippen molar-refractivity contribution in [2.45, 2.75) is 148 Å². The molecule has 6 nitrogen and oxygen atoms in total. The molecule has 234 valence electrons. The fourth-order valence-electron chi connectivity index (χ4n) is 8.48. The van der Waals surface area contributed by atoms with Crippen molar-refractivity contribution in [3.63, 3.8) is 0 Å². The first kappa shape index (κ1) is 31.5. The summed E-state index contributed by atoms with van der Waals surface area (Å²) in [6.45, 7) is 12.7. The molecule has 4 atom stereocenters. The van der Waals surface area contributed by atoms with Crippen LogP contribution in [-0.4, -0.2) is 74.7 Å². The van der Waals surface area contributed by atoms with E-state index in [9.17, 15) is 4.79 Å². The number of likely N-dealkylation sites (tertiary alicyclic amines) is 1. The highest BCUT2D eigenvalue weighted by Crippen LogP contribution is 2.49. The fourth-order valence-corrected chi connectivity index (χ4v) is 8.48. The second kappa shape index (κ2) is 14.2. The van der Waals surface area contributed by atoms with E-state index in [-0.39, 0.29) is 24.3 Å². The third-order valence-corrected chi connectivity index (χ3v) is 11.1. The molecule has 3 aliphatic carbocycles. The molecule has 1 saturated heterocycles. The monoisotopic (exact) mass is 573 g/mol. The van der Waals surface area contributed by atoms with Crippen LogP contribution in [0.2, 0.25) is 0 Å². The van der Waals surface area contributed by atoms with Gasteiger partial charge in [0.05, 0.1) is 36.4 Å². The Bertz CT molecular complexity index is 873. The van der Waals surface area contributed by atoms with Crippen LogP contribution < -0.4 is 0 Å². The highest BCUT2D eigenvalue weighted by Gasteiger charge is 2.45. The van der Waals surface area contributed by atoms with Crippen LogP contribution in [-0.2, 0) is 23.7 Å². The molecule has 5 rings (SSSR count). The number of methoxy groups -OCH3 is 1. The predicted octanol–water partition coefficient (Wildman–Crippen LogP) is 7.09. The minimum absolute atomic E-state index is 0.0595. The average molecular weight is 574 g/mol.